The van der Waals surface area contributed by atoms with Crippen molar-refractivity contribution in [3.8, 4) is 5.75 Å². The van der Waals surface area contributed by atoms with Crippen molar-refractivity contribution in [2.75, 3.05) is 31.8 Å². The van der Waals surface area contributed by atoms with Crippen LogP contribution in [0.1, 0.15) is 31.2 Å². The summed E-state index contributed by atoms with van der Waals surface area (Å²) in [4.78, 5) is 2.50. The molecule has 0 spiro atoms. The maximum Gasteiger partial charge on any atom is 0.119 e. The van der Waals surface area contributed by atoms with E-state index in [9.17, 15) is 0 Å². The van der Waals surface area contributed by atoms with Crippen molar-refractivity contribution in [1.82, 2.24) is 0 Å². The van der Waals surface area contributed by atoms with Crippen LogP contribution >= 0.6 is 0 Å². The van der Waals surface area contributed by atoms with Crippen molar-refractivity contribution in [1.29, 1.82) is 0 Å². The quantitative estimate of drug-likeness (QED) is 0.781. The number of morpholine rings is 1. The van der Waals surface area contributed by atoms with Gasteiger partial charge in [-0.25, -0.2) is 0 Å². The molecule has 1 unspecified atom stereocenters. The molecule has 1 fully saturated rings. The van der Waals surface area contributed by atoms with E-state index in [1.165, 1.54) is 11.3 Å². The van der Waals surface area contributed by atoms with Gasteiger partial charge in [0.25, 0.3) is 0 Å². The SMILES string of the molecule is COc1cccc([C@@H](C)CCC2COCCN2c2ccccc2)c1. The molecule has 2 atom stereocenters. The van der Waals surface area contributed by atoms with Gasteiger partial charge in [0.2, 0.25) is 0 Å². The second-order valence-electron chi connectivity index (χ2n) is 6.51. The van der Waals surface area contributed by atoms with Crippen LogP contribution in [0.4, 0.5) is 5.69 Å². The van der Waals surface area contributed by atoms with E-state index in [1.807, 2.05) is 6.07 Å². The van der Waals surface area contributed by atoms with Gasteiger partial charge in [0.1, 0.15) is 5.75 Å². The Morgan fingerprint density at radius 2 is 2.00 bits per heavy atom. The Bertz CT molecular complexity index is 629. The molecular formula is C21H27NO2. The summed E-state index contributed by atoms with van der Waals surface area (Å²) in [5, 5.41) is 0. The molecule has 1 aliphatic heterocycles. The number of rotatable bonds is 6. The third kappa shape index (κ3) is 4.09. The Hall–Kier alpha value is -2.00. The van der Waals surface area contributed by atoms with E-state index in [1.54, 1.807) is 7.11 Å². The topological polar surface area (TPSA) is 21.7 Å². The minimum atomic E-state index is 0.453. The van der Waals surface area contributed by atoms with Gasteiger partial charge in [0, 0.05) is 12.2 Å². The smallest absolute Gasteiger partial charge is 0.119 e. The lowest BCUT2D eigenvalue weighted by atomic mass is 9.93. The van der Waals surface area contributed by atoms with Gasteiger partial charge in [0.15, 0.2) is 0 Å². The molecule has 128 valence electrons. The van der Waals surface area contributed by atoms with Crippen molar-refractivity contribution < 1.29 is 9.47 Å². The van der Waals surface area contributed by atoms with Crippen LogP contribution in [0.5, 0.6) is 5.75 Å². The second kappa shape index (κ2) is 8.20. The van der Waals surface area contributed by atoms with Gasteiger partial charge in [-0.3, -0.25) is 0 Å². The highest BCUT2D eigenvalue weighted by Gasteiger charge is 2.23. The minimum Gasteiger partial charge on any atom is -0.497 e. The van der Waals surface area contributed by atoms with E-state index in [2.05, 4.69) is 60.4 Å². The lowest BCUT2D eigenvalue weighted by Crippen LogP contribution is -2.45. The van der Waals surface area contributed by atoms with Crippen molar-refractivity contribution in [2.24, 2.45) is 0 Å². The molecule has 2 aromatic carbocycles. The predicted molar refractivity (Wildman–Crippen MR) is 99.0 cm³/mol. The van der Waals surface area contributed by atoms with Gasteiger partial charge in [-0.2, -0.15) is 0 Å². The maximum absolute atomic E-state index is 5.75. The molecule has 1 aliphatic rings. The summed E-state index contributed by atoms with van der Waals surface area (Å²) in [5.74, 6) is 1.45. The maximum atomic E-state index is 5.75. The summed E-state index contributed by atoms with van der Waals surface area (Å²) in [5.41, 5.74) is 2.65. The van der Waals surface area contributed by atoms with Gasteiger partial charge in [-0.05, 0) is 48.6 Å². The zero-order chi connectivity index (χ0) is 16.8. The molecule has 3 nitrogen and oxygen atoms in total. The van der Waals surface area contributed by atoms with Crippen LogP contribution in [0.25, 0.3) is 0 Å². The van der Waals surface area contributed by atoms with E-state index < -0.39 is 0 Å². The Kier molecular flexibility index (Phi) is 5.76. The Morgan fingerprint density at radius 1 is 1.17 bits per heavy atom. The van der Waals surface area contributed by atoms with Crippen molar-refractivity contribution in [3.05, 3.63) is 60.2 Å². The van der Waals surface area contributed by atoms with E-state index in [4.69, 9.17) is 9.47 Å². The van der Waals surface area contributed by atoms with Crippen LogP contribution in [0.3, 0.4) is 0 Å². The summed E-state index contributed by atoms with van der Waals surface area (Å²) < 4.78 is 11.1. The third-order valence-corrected chi connectivity index (χ3v) is 4.91. The fraction of sp³-hybridized carbons (Fsp3) is 0.429. The van der Waals surface area contributed by atoms with E-state index in [-0.39, 0.29) is 0 Å². The highest BCUT2D eigenvalue weighted by molar-refractivity contribution is 5.47. The molecule has 2 aromatic rings. The van der Waals surface area contributed by atoms with Gasteiger partial charge in [0.05, 0.1) is 26.4 Å². The molecule has 0 amide bonds. The molecule has 0 aromatic heterocycles. The summed E-state index contributed by atoms with van der Waals surface area (Å²) in [6, 6.07) is 19.6. The summed E-state index contributed by atoms with van der Waals surface area (Å²) in [6.45, 7) is 4.91. The third-order valence-electron chi connectivity index (χ3n) is 4.91. The number of methoxy groups -OCH3 is 1. The van der Waals surface area contributed by atoms with Gasteiger partial charge in [-0.15, -0.1) is 0 Å². The molecule has 1 heterocycles. The number of benzene rings is 2. The number of hydrogen-bond donors (Lipinski definition) is 0. The highest BCUT2D eigenvalue weighted by atomic mass is 16.5. The monoisotopic (exact) mass is 325 g/mol. The molecule has 0 N–H and O–H groups in total. The van der Waals surface area contributed by atoms with Crippen LogP contribution in [0.15, 0.2) is 54.6 Å². The van der Waals surface area contributed by atoms with Crippen LogP contribution in [-0.4, -0.2) is 32.9 Å². The normalized spacial score (nSPS) is 19.1. The van der Waals surface area contributed by atoms with Crippen LogP contribution < -0.4 is 9.64 Å². The molecule has 1 saturated heterocycles. The summed E-state index contributed by atoms with van der Waals surface area (Å²) >= 11 is 0. The zero-order valence-electron chi connectivity index (χ0n) is 14.7. The van der Waals surface area contributed by atoms with Gasteiger partial charge < -0.3 is 14.4 Å². The summed E-state index contributed by atoms with van der Waals surface area (Å²) in [7, 11) is 1.72. The summed E-state index contributed by atoms with van der Waals surface area (Å²) in [6.07, 6.45) is 2.28. The molecule has 0 radical (unpaired) electrons. The standard InChI is InChI=1S/C21H27NO2/c1-17(18-7-6-10-21(15-18)23-2)11-12-20-16-24-14-13-22(20)19-8-4-3-5-9-19/h3-10,15,17,20H,11-14,16H2,1-2H3/t17-,20?/m0/s1. The van der Waals surface area contributed by atoms with Crippen LogP contribution in [-0.2, 0) is 4.74 Å². The van der Waals surface area contributed by atoms with Crippen LogP contribution in [0.2, 0.25) is 0 Å². The van der Waals surface area contributed by atoms with E-state index in [0.717, 1.165) is 38.3 Å². The number of ether oxygens (including phenoxy) is 2. The molecule has 0 saturated carbocycles. The highest BCUT2D eigenvalue weighted by Crippen LogP contribution is 2.28. The van der Waals surface area contributed by atoms with Crippen molar-refractivity contribution in [2.45, 2.75) is 31.7 Å². The molecule has 3 heteroatoms. The Labute approximate surface area is 145 Å². The van der Waals surface area contributed by atoms with Crippen molar-refractivity contribution in [3.63, 3.8) is 0 Å². The van der Waals surface area contributed by atoms with E-state index in [0.29, 0.717) is 12.0 Å². The first-order valence-electron chi connectivity index (χ1n) is 8.81. The van der Waals surface area contributed by atoms with Crippen LogP contribution in [0, 0.1) is 0 Å². The largest absolute Gasteiger partial charge is 0.497 e. The minimum absolute atomic E-state index is 0.453. The fourth-order valence-corrected chi connectivity index (χ4v) is 3.41. The first kappa shape index (κ1) is 16.8. The lowest BCUT2D eigenvalue weighted by molar-refractivity contribution is 0.0904. The van der Waals surface area contributed by atoms with E-state index >= 15 is 0 Å². The van der Waals surface area contributed by atoms with Gasteiger partial charge in [-0.1, -0.05) is 37.3 Å². The average molecular weight is 325 g/mol. The first-order valence-corrected chi connectivity index (χ1v) is 8.81. The zero-order valence-corrected chi connectivity index (χ0v) is 14.7. The Balaban J connectivity index is 1.63. The molecular weight excluding hydrogens is 298 g/mol. The number of nitrogens with zero attached hydrogens (tertiary/aromatic N) is 1. The second-order valence-corrected chi connectivity index (χ2v) is 6.51. The predicted octanol–water partition coefficient (Wildman–Crippen LogP) is 4.48. The number of anilines is 1. The first-order chi connectivity index (χ1) is 11.8. The molecule has 0 aliphatic carbocycles. The van der Waals surface area contributed by atoms with Gasteiger partial charge >= 0.3 is 0 Å². The molecule has 24 heavy (non-hydrogen) atoms. The average Bonchev–Trinajstić information content (AvgIpc) is 2.67. The van der Waals surface area contributed by atoms with Crippen molar-refractivity contribution >= 4 is 5.69 Å². The lowest BCUT2D eigenvalue weighted by Gasteiger charge is -2.38. The number of para-hydroxylation sites is 1. The number of hydrogen-bond acceptors (Lipinski definition) is 3. The fourth-order valence-electron chi connectivity index (χ4n) is 3.41. The molecule has 3 rings (SSSR count). The Morgan fingerprint density at radius 3 is 2.79 bits per heavy atom. The molecule has 0 bridgehead atoms.